The summed E-state index contributed by atoms with van der Waals surface area (Å²) in [5.74, 6) is 2.44. The van der Waals surface area contributed by atoms with Gasteiger partial charge in [-0.2, -0.15) is 0 Å². The number of carbonyl (C=O) groups excluding carboxylic acids is 1. The quantitative estimate of drug-likeness (QED) is 0.291. The van der Waals surface area contributed by atoms with Crippen molar-refractivity contribution < 1.29 is 4.79 Å². The van der Waals surface area contributed by atoms with Gasteiger partial charge in [0, 0.05) is 16.9 Å². The van der Waals surface area contributed by atoms with E-state index in [2.05, 4.69) is 27.6 Å². The van der Waals surface area contributed by atoms with Crippen LogP contribution in [0.4, 0.5) is 11.4 Å². The first-order valence-corrected chi connectivity index (χ1v) is 7.48. The SMILES string of the molecule is C#Cc1cccc(NC(=O)CN=C(N)Nc2cc(C)cc(C)c2)c1.I. The minimum atomic E-state index is -0.269. The molecule has 0 spiro atoms. The van der Waals surface area contributed by atoms with E-state index < -0.39 is 0 Å². The Morgan fingerprint density at radius 2 is 1.80 bits per heavy atom. The topological polar surface area (TPSA) is 79.5 Å². The summed E-state index contributed by atoms with van der Waals surface area (Å²) < 4.78 is 0. The molecule has 0 bridgehead atoms. The molecule has 0 aromatic heterocycles. The van der Waals surface area contributed by atoms with Crippen LogP contribution >= 0.6 is 24.0 Å². The fourth-order valence-electron chi connectivity index (χ4n) is 2.28. The van der Waals surface area contributed by atoms with Crippen LogP contribution in [0.3, 0.4) is 0 Å². The first-order valence-electron chi connectivity index (χ1n) is 7.48. The molecule has 130 valence electrons. The lowest BCUT2D eigenvalue weighted by molar-refractivity contribution is -0.114. The molecule has 1 amide bonds. The van der Waals surface area contributed by atoms with Crippen LogP contribution in [0.15, 0.2) is 47.5 Å². The fourth-order valence-corrected chi connectivity index (χ4v) is 2.28. The second-order valence-corrected chi connectivity index (χ2v) is 5.48. The number of rotatable bonds is 4. The number of aliphatic imine (C=N–C) groups is 1. The average molecular weight is 448 g/mol. The predicted octanol–water partition coefficient (Wildman–Crippen LogP) is 3.27. The number of hydrogen-bond acceptors (Lipinski definition) is 2. The van der Waals surface area contributed by atoms with Gasteiger partial charge in [0.25, 0.3) is 0 Å². The third-order valence-electron chi connectivity index (χ3n) is 3.20. The third-order valence-corrected chi connectivity index (χ3v) is 3.20. The number of guanidine groups is 1. The molecule has 0 unspecified atom stereocenters. The summed E-state index contributed by atoms with van der Waals surface area (Å²) in [4.78, 5) is 16.0. The fraction of sp³-hybridized carbons (Fsp3) is 0.158. The number of nitrogens with two attached hydrogens (primary N) is 1. The molecule has 0 radical (unpaired) electrons. The number of aryl methyl sites for hydroxylation is 2. The van der Waals surface area contributed by atoms with Crippen molar-refractivity contribution in [2.45, 2.75) is 13.8 Å². The second kappa shape index (κ2) is 9.69. The number of anilines is 2. The maximum absolute atomic E-state index is 11.9. The minimum absolute atomic E-state index is 0. The van der Waals surface area contributed by atoms with Gasteiger partial charge in [0.05, 0.1) is 0 Å². The number of benzene rings is 2. The van der Waals surface area contributed by atoms with Crippen molar-refractivity contribution in [1.82, 2.24) is 0 Å². The Morgan fingerprint density at radius 3 is 2.44 bits per heavy atom. The number of nitrogens with one attached hydrogen (secondary N) is 2. The molecule has 0 atom stereocenters. The lowest BCUT2D eigenvalue weighted by Crippen LogP contribution is -2.25. The van der Waals surface area contributed by atoms with E-state index in [4.69, 9.17) is 12.2 Å². The molecule has 2 aromatic rings. The van der Waals surface area contributed by atoms with Gasteiger partial charge in [0.15, 0.2) is 5.96 Å². The Morgan fingerprint density at radius 1 is 1.12 bits per heavy atom. The molecule has 25 heavy (non-hydrogen) atoms. The number of nitrogens with zero attached hydrogens (tertiary/aromatic N) is 1. The van der Waals surface area contributed by atoms with Gasteiger partial charge in [0.1, 0.15) is 6.54 Å². The van der Waals surface area contributed by atoms with E-state index in [1.807, 2.05) is 26.0 Å². The van der Waals surface area contributed by atoms with E-state index >= 15 is 0 Å². The molecule has 0 aliphatic heterocycles. The molecular weight excluding hydrogens is 427 g/mol. The van der Waals surface area contributed by atoms with Gasteiger partial charge in [-0.25, -0.2) is 4.99 Å². The Balaban J connectivity index is 0.00000312. The molecule has 6 heteroatoms. The van der Waals surface area contributed by atoms with Crippen LogP contribution in [0.1, 0.15) is 16.7 Å². The molecular formula is C19H21IN4O. The highest BCUT2D eigenvalue weighted by atomic mass is 127. The molecule has 0 aliphatic rings. The van der Waals surface area contributed by atoms with Crippen molar-refractivity contribution in [3.8, 4) is 12.3 Å². The molecule has 0 aliphatic carbocycles. The van der Waals surface area contributed by atoms with E-state index in [9.17, 15) is 4.79 Å². The Bertz CT molecular complexity index is 804. The van der Waals surface area contributed by atoms with E-state index in [1.165, 1.54) is 0 Å². The van der Waals surface area contributed by atoms with Gasteiger partial charge in [-0.05, 0) is 55.3 Å². The van der Waals surface area contributed by atoms with Crippen molar-refractivity contribution >= 4 is 47.2 Å². The standard InChI is InChI=1S/C19H20N4O.HI/c1-4-15-6-5-7-16(11-15)22-18(24)12-21-19(20)23-17-9-13(2)8-14(3)10-17;/h1,5-11H,12H2,2-3H3,(H,22,24)(H3,20,21,23);1H. The van der Waals surface area contributed by atoms with Crippen LogP contribution in [0.25, 0.3) is 0 Å². The van der Waals surface area contributed by atoms with E-state index in [1.54, 1.807) is 24.3 Å². The monoisotopic (exact) mass is 448 g/mol. The molecule has 0 saturated carbocycles. The first-order chi connectivity index (χ1) is 11.5. The van der Waals surface area contributed by atoms with Gasteiger partial charge in [-0.1, -0.05) is 18.1 Å². The summed E-state index contributed by atoms with van der Waals surface area (Å²) in [5.41, 5.74) is 10.2. The van der Waals surface area contributed by atoms with Gasteiger partial charge < -0.3 is 16.4 Å². The molecule has 2 rings (SSSR count). The normalized spacial score (nSPS) is 10.4. The van der Waals surface area contributed by atoms with E-state index in [0.29, 0.717) is 11.3 Å². The number of terminal acetylenes is 1. The van der Waals surface area contributed by atoms with Crippen LogP contribution in [0.2, 0.25) is 0 Å². The van der Waals surface area contributed by atoms with Crippen LogP contribution in [-0.4, -0.2) is 18.4 Å². The summed E-state index contributed by atoms with van der Waals surface area (Å²) in [6.45, 7) is 3.93. The molecule has 0 heterocycles. The number of hydrogen-bond donors (Lipinski definition) is 3. The van der Waals surface area contributed by atoms with Gasteiger partial charge in [-0.3, -0.25) is 4.79 Å². The summed E-state index contributed by atoms with van der Waals surface area (Å²) in [5, 5.41) is 5.71. The maximum atomic E-state index is 11.9. The summed E-state index contributed by atoms with van der Waals surface area (Å²) >= 11 is 0. The Hall–Kier alpha value is -2.53. The highest BCUT2D eigenvalue weighted by Gasteiger charge is 2.03. The zero-order valence-electron chi connectivity index (χ0n) is 14.2. The van der Waals surface area contributed by atoms with Crippen LogP contribution in [0.5, 0.6) is 0 Å². The smallest absolute Gasteiger partial charge is 0.246 e. The molecule has 4 N–H and O–H groups in total. The van der Waals surface area contributed by atoms with Crippen molar-refractivity contribution in [2.24, 2.45) is 10.7 Å². The van der Waals surface area contributed by atoms with Gasteiger partial charge in [-0.15, -0.1) is 30.4 Å². The van der Waals surface area contributed by atoms with E-state index in [0.717, 1.165) is 16.8 Å². The molecule has 0 fully saturated rings. The molecule has 0 saturated heterocycles. The average Bonchev–Trinajstić information content (AvgIpc) is 2.52. The number of halogens is 1. The summed E-state index contributed by atoms with van der Waals surface area (Å²) in [7, 11) is 0. The van der Waals surface area contributed by atoms with Crippen LogP contribution in [0, 0.1) is 26.2 Å². The maximum Gasteiger partial charge on any atom is 0.246 e. The largest absolute Gasteiger partial charge is 0.370 e. The van der Waals surface area contributed by atoms with Crippen LogP contribution in [-0.2, 0) is 4.79 Å². The number of carbonyl (C=O) groups is 1. The van der Waals surface area contributed by atoms with Gasteiger partial charge >= 0.3 is 0 Å². The second-order valence-electron chi connectivity index (χ2n) is 5.48. The zero-order valence-corrected chi connectivity index (χ0v) is 16.5. The van der Waals surface area contributed by atoms with Crippen molar-refractivity contribution in [1.29, 1.82) is 0 Å². The Labute approximate surface area is 165 Å². The van der Waals surface area contributed by atoms with Crippen molar-refractivity contribution in [2.75, 3.05) is 17.2 Å². The van der Waals surface area contributed by atoms with E-state index in [-0.39, 0.29) is 42.4 Å². The van der Waals surface area contributed by atoms with Crippen molar-refractivity contribution in [3.63, 3.8) is 0 Å². The highest BCUT2D eigenvalue weighted by Crippen LogP contribution is 2.13. The van der Waals surface area contributed by atoms with Crippen molar-refractivity contribution in [3.05, 3.63) is 59.2 Å². The predicted molar refractivity (Wildman–Crippen MR) is 114 cm³/mol. The molecule has 2 aromatic carbocycles. The number of amides is 1. The van der Waals surface area contributed by atoms with Gasteiger partial charge in [0.2, 0.25) is 5.91 Å². The highest BCUT2D eigenvalue weighted by molar-refractivity contribution is 14.0. The zero-order chi connectivity index (χ0) is 17.5. The Kier molecular flexibility index (Phi) is 7.95. The lowest BCUT2D eigenvalue weighted by Gasteiger charge is -2.08. The minimum Gasteiger partial charge on any atom is -0.370 e. The first kappa shape index (κ1) is 20.5. The summed E-state index contributed by atoms with van der Waals surface area (Å²) in [6, 6.07) is 13.0. The third kappa shape index (κ3) is 6.85. The lowest BCUT2D eigenvalue weighted by atomic mass is 10.1. The van der Waals surface area contributed by atoms with Crippen LogP contribution < -0.4 is 16.4 Å². The summed E-state index contributed by atoms with van der Waals surface area (Å²) in [6.07, 6.45) is 5.33. The molecule has 5 nitrogen and oxygen atoms in total.